The second-order valence-electron chi connectivity index (χ2n) is 7.10. The molecule has 0 fully saturated rings. The van der Waals surface area contributed by atoms with Gasteiger partial charge in [-0.2, -0.15) is 22.2 Å². The average molecular weight is 523 g/mol. The molecule has 0 aliphatic rings. The second-order valence-corrected chi connectivity index (χ2v) is 7.51. The molecular weight excluding hydrogens is 506 g/mol. The van der Waals surface area contributed by atoms with Crippen molar-refractivity contribution in [2.45, 2.75) is 39.3 Å². The maximum atomic E-state index is 15.1. The van der Waals surface area contributed by atoms with Gasteiger partial charge in [0.2, 0.25) is 5.95 Å². The SMILES string of the molecule is CCn1c(CO)nn(-c2cc(O[C@@H](C)C(F)(F)F)c(/C(F)=C/c3c(Cl)ccnc3F)cc2F)c1=O. The quantitative estimate of drug-likeness (QED) is 0.360. The Morgan fingerprint density at radius 3 is 2.54 bits per heavy atom. The van der Waals surface area contributed by atoms with Gasteiger partial charge in [-0.05, 0) is 32.1 Å². The van der Waals surface area contributed by atoms with Crippen LogP contribution in [-0.2, 0) is 13.2 Å². The van der Waals surface area contributed by atoms with Crippen LogP contribution in [0.15, 0.2) is 29.2 Å². The van der Waals surface area contributed by atoms with Gasteiger partial charge in [-0.3, -0.25) is 4.57 Å². The van der Waals surface area contributed by atoms with Gasteiger partial charge < -0.3 is 9.84 Å². The molecule has 0 unspecified atom stereocenters. The number of pyridine rings is 1. The Labute approximate surface area is 198 Å². The summed E-state index contributed by atoms with van der Waals surface area (Å²) in [6, 6.07) is 2.26. The number of aliphatic hydroxyl groups is 1. The smallest absolute Gasteiger partial charge is 0.425 e. The number of benzene rings is 1. The first-order valence-electron chi connectivity index (χ1n) is 9.93. The summed E-state index contributed by atoms with van der Waals surface area (Å²) >= 11 is 5.83. The lowest BCUT2D eigenvalue weighted by Gasteiger charge is -2.20. The van der Waals surface area contributed by atoms with E-state index < -0.39 is 64.7 Å². The molecule has 7 nitrogen and oxygen atoms in total. The molecule has 0 aliphatic carbocycles. The molecule has 35 heavy (non-hydrogen) atoms. The predicted molar refractivity (Wildman–Crippen MR) is 114 cm³/mol. The van der Waals surface area contributed by atoms with E-state index in [0.717, 1.165) is 16.8 Å². The second kappa shape index (κ2) is 10.1. The van der Waals surface area contributed by atoms with Crippen molar-refractivity contribution in [2.24, 2.45) is 0 Å². The molecule has 3 rings (SSSR count). The van der Waals surface area contributed by atoms with Crippen LogP contribution in [0, 0.1) is 11.8 Å². The number of aromatic nitrogens is 4. The zero-order valence-corrected chi connectivity index (χ0v) is 18.8. The fourth-order valence-corrected chi connectivity index (χ4v) is 3.22. The summed E-state index contributed by atoms with van der Waals surface area (Å²) in [7, 11) is 0. The van der Waals surface area contributed by atoms with Crippen LogP contribution in [0.1, 0.15) is 30.8 Å². The van der Waals surface area contributed by atoms with Gasteiger partial charge in [-0.1, -0.05) is 11.6 Å². The third-order valence-corrected chi connectivity index (χ3v) is 5.18. The molecule has 0 saturated carbocycles. The largest absolute Gasteiger partial charge is 0.480 e. The van der Waals surface area contributed by atoms with Crippen molar-refractivity contribution in [2.75, 3.05) is 0 Å². The van der Waals surface area contributed by atoms with Crippen LogP contribution in [0.25, 0.3) is 17.6 Å². The van der Waals surface area contributed by atoms with E-state index >= 15 is 8.78 Å². The van der Waals surface area contributed by atoms with Crippen LogP contribution in [0.2, 0.25) is 5.02 Å². The molecule has 0 saturated heterocycles. The number of alkyl halides is 3. The van der Waals surface area contributed by atoms with Gasteiger partial charge >= 0.3 is 11.9 Å². The number of halogens is 7. The summed E-state index contributed by atoms with van der Waals surface area (Å²) in [6.07, 6.45) is -5.82. The number of rotatable bonds is 7. The van der Waals surface area contributed by atoms with Gasteiger partial charge in [0.15, 0.2) is 11.9 Å². The van der Waals surface area contributed by atoms with E-state index in [-0.39, 0.29) is 17.4 Å². The molecule has 188 valence electrons. The zero-order valence-electron chi connectivity index (χ0n) is 18.1. The summed E-state index contributed by atoms with van der Waals surface area (Å²) in [4.78, 5) is 15.9. The Morgan fingerprint density at radius 2 is 2.00 bits per heavy atom. The number of hydrogen-bond donors (Lipinski definition) is 1. The molecule has 1 aromatic carbocycles. The summed E-state index contributed by atoms with van der Waals surface area (Å²) in [5.41, 5.74) is -2.91. The van der Waals surface area contributed by atoms with Gasteiger partial charge in [0.05, 0.1) is 16.1 Å². The van der Waals surface area contributed by atoms with E-state index in [2.05, 4.69) is 10.1 Å². The Morgan fingerprint density at radius 1 is 1.31 bits per heavy atom. The highest BCUT2D eigenvalue weighted by Gasteiger charge is 2.39. The molecule has 0 radical (unpaired) electrons. The first-order valence-corrected chi connectivity index (χ1v) is 10.3. The van der Waals surface area contributed by atoms with Crippen molar-refractivity contribution in [3.05, 3.63) is 68.6 Å². The van der Waals surface area contributed by atoms with E-state index in [1.165, 1.54) is 0 Å². The van der Waals surface area contributed by atoms with Crippen molar-refractivity contribution >= 4 is 23.5 Å². The van der Waals surface area contributed by atoms with Crippen molar-refractivity contribution < 1.29 is 36.2 Å². The lowest BCUT2D eigenvalue weighted by molar-refractivity contribution is -0.189. The van der Waals surface area contributed by atoms with E-state index in [4.69, 9.17) is 16.3 Å². The van der Waals surface area contributed by atoms with E-state index in [0.29, 0.717) is 29.8 Å². The molecule has 2 aromatic heterocycles. The van der Waals surface area contributed by atoms with Crippen LogP contribution in [0.3, 0.4) is 0 Å². The molecule has 0 aliphatic heterocycles. The Hall–Kier alpha value is -3.32. The van der Waals surface area contributed by atoms with Gasteiger partial charge in [0, 0.05) is 18.8 Å². The third kappa shape index (κ3) is 5.35. The maximum absolute atomic E-state index is 15.1. The molecule has 1 N–H and O–H groups in total. The predicted octanol–water partition coefficient (Wildman–Crippen LogP) is 4.67. The molecule has 0 bridgehead atoms. The molecular formula is C21H17ClF6N4O3. The highest BCUT2D eigenvalue weighted by Crippen LogP contribution is 2.36. The summed E-state index contributed by atoms with van der Waals surface area (Å²) in [5.74, 6) is -4.79. The average Bonchev–Trinajstić information content (AvgIpc) is 3.11. The highest BCUT2D eigenvalue weighted by atomic mass is 35.5. The van der Waals surface area contributed by atoms with Crippen molar-refractivity contribution in [1.29, 1.82) is 0 Å². The maximum Gasteiger partial charge on any atom is 0.425 e. The van der Waals surface area contributed by atoms with Crippen LogP contribution in [0.5, 0.6) is 5.75 Å². The minimum absolute atomic E-state index is 0.0533. The Balaban J connectivity index is 2.24. The van der Waals surface area contributed by atoms with E-state index in [1.54, 1.807) is 6.92 Å². The van der Waals surface area contributed by atoms with Gasteiger partial charge in [-0.15, -0.1) is 5.10 Å². The van der Waals surface area contributed by atoms with Crippen LogP contribution < -0.4 is 10.4 Å². The standard InChI is InChI=1S/C21H17ClF6N4O3/c1-3-31-18(9-33)30-32(20(31)34)16-8-17(35-10(2)21(26,27)28)12(7-15(16)24)14(23)6-11-13(22)4-5-29-19(11)25/h4-8,10,33H,3,9H2,1-2H3/b14-6-/t10-/m0/s1. The van der Waals surface area contributed by atoms with Gasteiger partial charge in [0.1, 0.15) is 29.7 Å². The van der Waals surface area contributed by atoms with Crippen molar-refractivity contribution in [1.82, 2.24) is 19.3 Å². The molecule has 3 aromatic rings. The first kappa shape index (κ1) is 26.3. The lowest BCUT2D eigenvalue weighted by atomic mass is 10.1. The number of aliphatic hydroxyl groups excluding tert-OH is 1. The van der Waals surface area contributed by atoms with Crippen LogP contribution in [0.4, 0.5) is 26.3 Å². The third-order valence-electron chi connectivity index (χ3n) is 4.86. The molecule has 0 spiro atoms. The number of nitrogens with zero attached hydrogens (tertiary/aromatic N) is 4. The fourth-order valence-electron chi connectivity index (χ4n) is 3.03. The van der Waals surface area contributed by atoms with Crippen molar-refractivity contribution in [3.8, 4) is 11.4 Å². The highest BCUT2D eigenvalue weighted by molar-refractivity contribution is 6.32. The summed E-state index contributed by atoms with van der Waals surface area (Å²) in [6.45, 7) is 1.55. The number of ether oxygens (including phenoxy) is 1. The van der Waals surface area contributed by atoms with E-state index in [9.17, 15) is 27.5 Å². The molecule has 14 heteroatoms. The first-order chi connectivity index (χ1) is 16.4. The van der Waals surface area contributed by atoms with Gasteiger partial charge in [-0.25, -0.2) is 18.6 Å². The molecule has 0 amide bonds. The normalized spacial score (nSPS) is 13.3. The summed E-state index contributed by atoms with van der Waals surface area (Å²) < 4.78 is 89.9. The van der Waals surface area contributed by atoms with Gasteiger partial charge in [0.25, 0.3) is 0 Å². The Kier molecular flexibility index (Phi) is 7.60. The molecule has 1 atom stereocenters. The lowest BCUT2D eigenvalue weighted by Crippen LogP contribution is -2.31. The molecule has 2 heterocycles. The Bertz CT molecular complexity index is 1320. The number of hydrogen-bond acceptors (Lipinski definition) is 5. The van der Waals surface area contributed by atoms with Crippen molar-refractivity contribution in [3.63, 3.8) is 0 Å². The van der Waals surface area contributed by atoms with Crippen LogP contribution in [-0.4, -0.2) is 36.7 Å². The fraction of sp³-hybridized carbons (Fsp3) is 0.286. The minimum atomic E-state index is -4.88. The zero-order chi connectivity index (χ0) is 26.1. The summed E-state index contributed by atoms with van der Waals surface area (Å²) in [5, 5.41) is 12.9. The monoisotopic (exact) mass is 522 g/mol. The topological polar surface area (TPSA) is 82.2 Å². The van der Waals surface area contributed by atoms with Crippen LogP contribution >= 0.6 is 11.6 Å². The minimum Gasteiger partial charge on any atom is -0.480 e. The van der Waals surface area contributed by atoms with E-state index in [1.807, 2.05) is 0 Å².